The van der Waals surface area contributed by atoms with Gasteiger partial charge in [-0.25, -0.2) is 13.6 Å². The summed E-state index contributed by atoms with van der Waals surface area (Å²) in [5.41, 5.74) is 16.0. The predicted molar refractivity (Wildman–Crippen MR) is 322 cm³/mol. The van der Waals surface area contributed by atoms with Crippen LogP contribution in [0.2, 0.25) is 25.7 Å². The Balaban J connectivity index is 0.000000178. The van der Waals surface area contributed by atoms with Gasteiger partial charge in [-0.2, -0.15) is 0 Å². The van der Waals surface area contributed by atoms with Crippen LogP contribution in [0, 0.1) is 11.6 Å². The second kappa shape index (κ2) is 24.2. The first-order chi connectivity index (χ1) is 40.3. The fraction of sp³-hybridized carbons (Fsp3) is 0.162. The van der Waals surface area contributed by atoms with Crippen molar-refractivity contribution in [2.24, 2.45) is 0 Å². The van der Waals surface area contributed by atoms with Gasteiger partial charge in [0.2, 0.25) is 0 Å². The van der Waals surface area contributed by atoms with Crippen LogP contribution in [-0.4, -0.2) is 52.4 Å². The van der Waals surface area contributed by atoms with Crippen molar-refractivity contribution in [2.45, 2.75) is 64.1 Å². The number of carbonyl (C=O) groups excluding carboxylic acids is 3. The van der Waals surface area contributed by atoms with E-state index >= 15 is 0 Å². The predicted octanol–water partition coefficient (Wildman–Crippen LogP) is 14.9. The lowest BCUT2D eigenvalue weighted by molar-refractivity contribution is 0.0755. The number of nitrogen functional groups attached to an aromatic ring is 1. The number of rotatable bonds is 16. The van der Waals surface area contributed by atoms with Crippen molar-refractivity contribution in [3.05, 3.63) is 274 Å². The highest BCUT2D eigenvalue weighted by Gasteiger charge is 2.39. The average Bonchev–Trinajstić information content (AvgIpc) is 2.21. The van der Waals surface area contributed by atoms with Crippen LogP contribution in [0.5, 0.6) is 11.5 Å². The monoisotopic (exact) mass is 1120 g/mol. The number of benzene rings is 8. The van der Waals surface area contributed by atoms with E-state index in [0.29, 0.717) is 75.7 Å². The molecule has 2 aliphatic rings. The number of nitrogens with one attached hydrogen (secondary N) is 1. The Labute approximate surface area is 481 Å². The number of nitrogens with two attached hydrogens (primary N) is 1. The second-order valence-electron chi connectivity index (χ2n) is 21.7. The minimum absolute atomic E-state index is 0.187. The molecule has 2 aromatic heterocycles. The standard InChI is InChI=1S/C37H36FN3O4Si.C31H24FN3O2/c1-46(2,3)22-21-44-37(43)40-32-29-15-10-20-39-33(29)35(45-34(26-11-6-4-7-12-26)27-13-8-5-9-14-27)31-30(32)24-41(36(31)42)23-25-16-18-28(38)19-17-25;32-23-15-13-20(14-16-23)18-35-19-25-26(31(35)36)30(28-24(27(25)33)12-7-17-34-28)37-29(21-8-3-1-4-9-21)22-10-5-2-6-11-22/h4-20,34H,21-24H2,1-3H3,(H,40,43);1-17,29H,18-19,33H2. The molecule has 2 aliphatic heterocycles. The molecule has 0 saturated heterocycles. The van der Waals surface area contributed by atoms with Gasteiger partial charge in [0, 0.05) is 74.2 Å². The first kappa shape index (κ1) is 55.2. The molecule has 0 aliphatic carbocycles. The molecule has 0 saturated carbocycles. The zero-order chi connectivity index (χ0) is 57.6. The fourth-order valence-corrected chi connectivity index (χ4v) is 11.3. The molecule has 0 radical (unpaired) electrons. The van der Waals surface area contributed by atoms with Crippen molar-refractivity contribution >= 4 is 59.2 Å². The summed E-state index contributed by atoms with van der Waals surface area (Å²) in [6.45, 7) is 8.09. The Kier molecular flexibility index (Phi) is 16.1. The summed E-state index contributed by atoms with van der Waals surface area (Å²) in [5, 5.41) is 4.34. The Bertz CT molecular complexity index is 3890. The highest BCUT2D eigenvalue weighted by molar-refractivity contribution is 6.76. The maximum Gasteiger partial charge on any atom is 0.411 e. The first-order valence-corrected chi connectivity index (χ1v) is 31.2. The van der Waals surface area contributed by atoms with Crippen LogP contribution in [0.15, 0.2) is 207 Å². The zero-order valence-electron chi connectivity index (χ0n) is 46.1. The van der Waals surface area contributed by atoms with Gasteiger partial charge >= 0.3 is 6.09 Å². The summed E-state index contributed by atoms with van der Waals surface area (Å²) in [6, 6.07) is 59.9. The quantitative estimate of drug-likeness (QED) is 0.0712. The third kappa shape index (κ3) is 12.2. The SMILES string of the molecule is C[Si](C)(C)CCOC(=O)Nc1c2c(c(OC(c3ccccc3)c3ccccc3)c3ncccc13)C(=O)N(Cc1ccc(F)cc1)C2.Nc1c2c(c(OC(c3ccccc3)c3ccccc3)c3ncccc13)C(=O)N(Cc1ccc(F)cc1)C2. The number of carbonyl (C=O) groups is 3. The molecule has 0 unspecified atom stereocenters. The van der Waals surface area contributed by atoms with E-state index in [-0.39, 0.29) is 36.5 Å². The van der Waals surface area contributed by atoms with Crippen molar-refractivity contribution in [2.75, 3.05) is 17.7 Å². The van der Waals surface area contributed by atoms with Gasteiger partial charge in [0.05, 0.1) is 23.4 Å². The summed E-state index contributed by atoms with van der Waals surface area (Å²) in [5.74, 6) is -0.355. The average molecular weight is 1120 g/mol. The van der Waals surface area contributed by atoms with Gasteiger partial charge in [-0.1, -0.05) is 165 Å². The lowest BCUT2D eigenvalue weighted by atomic mass is 9.99. The molecule has 0 bridgehead atoms. The number of amides is 3. The number of pyridine rings is 2. The lowest BCUT2D eigenvalue weighted by Crippen LogP contribution is -2.24. The van der Waals surface area contributed by atoms with E-state index in [2.05, 4.69) is 29.9 Å². The fourth-order valence-electron chi connectivity index (χ4n) is 10.5. The van der Waals surface area contributed by atoms with Crippen LogP contribution in [0.3, 0.4) is 0 Å². The van der Waals surface area contributed by atoms with Gasteiger partial charge in [0.1, 0.15) is 34.9 Å². The summed E-state index contributed by atoms with van der Waals surface area (Å²) in [6.07, 6.45) is 1.74. The summed E-state index contributed by atoms with van der Waals surface area (Å²) in [7, 11) is -1.42. The second-order valence-corrected chi connectivity index (χ2v) is 27.4. The van der Waals surface area contributed by atoms with Gasteiger partial charge in [0.25, 0.3) is 11.8 Å². The van der Waals surface area contributed by atoms with Crippen LogP contribution in [0.25, 0.3) is 21.8 Å². The number of fused-ring (bicyclic) bond motifs is 4. The number of anilines is 2. The van der Waals surface area contributed by atoms with Crippen molar-refractivity contribution in [3.63, 3.8) is 0 Å². The molecule has 12 rings (SSSR count). The lowest BCUT2D eigenvalue weighted by Gasteiger charge is -2.23. The Morgan fingerprint density at radius 3 is 1.39 bits per heavy atom. The van der Waals surface area contributed by atoms with Gasteiger partial charge in [-0.05, 0) is 88.0 Å². The van der Waals surface area contributed by atoms with Crippen molar-refractivity contribution in [1.29, 1.82) is 0 Å². The molecule has 4 heterocycles. The van der Waals surface area contributed by atoms with Crippen molar-refractivity contribution < 1.29 is 37.4 Å². The molecule has 8 aromatic carbocycles. The Morgan fingerprint density at radius 1 is 0.554 bits per heavy atom. The molecule has 3 N–H and O–H groups in total. The van der Waals surface area contributed by atoms with E-state index in [1.165, 1.54) is 24.3 Å². The number of halogens is 2. The van der Waals surface area contributed by atoms with E-state index in [4.69, 9.17) is 24.9 Å². The highest BCUT2D eigenvalue weighted by atomic mass is 28.3. The first-order valence-electron chi connectivity index (χ1n) is 27.4. The van der Waals surface area contributed by atoms with Crippen molar-refractivity contribution in [1.82, 2.24) is 19.8 Å². The maximum atomic E-state index is 14.3. The van der Waals surface area contributed by atoms with Gasteiger partial charge in [-0.3, -0.25) is 24.9 Å². The van der Waals surface area contributed by atoms with E-state index < -0.39 is 26.4 Å². The summed E-state index contributed by atoms with van der Waals surface area (Å²) in [4.78, 5) is 54.0. The third-order valence-electron chi connectivity index (χ3n) is 14.8. The summed E-state index contributed by atoms with van der Waals surface area (Å²) >= 11 is 0. The smallest absolute Gasteiger partial charge is 0.411 e. The van der Waals surface area contributed by atoms with Crippen molar-refractivity contribution in [3.8, 4) is 11.5 Å². The minimum atomic E-state index is -1.42. The molecule has 0 atom stereocenters. The Hall–Kier alpha value is -9.73. The van der Waals surface area contributed by atoms with Gasteiger partial charge in [-0.15, -0.1) is 0 Å². The number of hydrogen-bond donors (Lipinski definition) is 2. The molecule has 10 aromatic rings. The third-order valence-corrected chi connectivity index (χ3v) is 16.5. The van der Waals surface area contributed by atoms with E-state index in [0.717, 1.165) is 50.4 Å². The van der Waals surface area contributed by atoms with E-state index in [9.17, 15) is 23.2 Å². The van der Waals surface area contributed by atoms with Crippen LogP contribution >= 0.6 is 0 Å². The van der Waals surface area contributed by atoms with Crippen LogP contribution in [-0.2, 0) is 30.9 Å². The molecular weight excluding hydrogens is 1060 g/mol. The number of ether oxygens (including phenoxy) is 3. The molecule has 0 spiro atoms. The molecular formula is C68H60F2N6O6Si. The molecule has 0 fully saturated rings. The number of aromatic nitrogens is 2. The number of hydrogen-bond acceptors (Lipinski definition) is 9. The number of nitrogens with zero attached hydrogens (tertiary/aromatic N) is 4. The maximum absolute atomic E-state index is 14.3. The normalized spacial score (nSPS) is 12.8. The largest absolute Gasteiger partial charge is 0.478 e. The van der Waals surface area contributed by atoms with E-state index in [1.54, 1.807) is 52.5 Å². The van der Waals surface area contributed by atoms with Crippen LogP contribution in [0.4, 0.5) is 25.0 Å². The molecule has 83 heavy (non-hydrogen) atoms. The highest BCUT2D eigenvalue weighted by Crippen LogP contribution is 2.47. The van der Waals surface area contributed by atoms with Gasteiger partial charge < -0.3 is 29.7 Å². The molecule has 416 valence electrons. The zero-order valence-corrected chi connectivity index (χ0v) is 47.1. The van der Waals surface area contributed by atoms with Crippen LogP contribution in [0.1, 0.15) is 77.4 Å². The summed E-state index contributed by atoms with van der Waals surface area (Å²) < 4.78 is 46.4. The topological polar surface area (TPSA) is 149 Å². The van der Waals surface area contributed by atoms with E-state index in [1.807, 2.05) is 140 Å². The minimum Gasteiger partial charge on any atom is -0.478 e. The van der Waals surface area contributed by atoms with Gasteiger partial charge in [0.15, 0.2) is 11.5 Å². The van der Waals surface area contributed by atoms with Crippen LogP contribution < -0.4 is 20.5 Å². The molecule has 12 nitrogen and oxygen atoms in total. The molecule has 3 amide bonds. The molecule has 15 heteroatoms. The Morgan fingerprint density at radius 2 is 0.952 bits per heavy atom.